The second-order valence-electron chi connectivity index (χ2n) is 4.93. The van der Waals surface area contributed by atoms with E-state index in [1.54, 1.807) is 14.2 Å². The Morgan fingerprint density at radius 3 is 2.57 bits per heavy atom. The van der Waals surface area contributed by atoms with Crippen LogP contribution in [0.25, 0.3) is 0 Å². The largest absolute Gasteiger partial charge is 0.383 e. The van der Waals surface area contributed by atoms with Gasteiger partial charge in [-0.05, 0) is 20.3 Å². The first-order chi connectivity index (χ1) is 10.2. The highest BCUT2D eigenvalue weighted by molar-refractivity contribution is 5.50. The van der Waals surface area contributed by atoms with E-state index in [2.05, 4.69) is 41.0 Å². The van der Waals surface area contributed by atoms with Gasteiger partial charge >= 0.3 is 0 Å². The van der Waals surface area contributed by atoms with Gasteiger partial charge in [-0.3, -0.25) is 0 Å². The second kappa shape index (κ2) is 9.52. The van der Waals surface area contributed by atoms with Crippen LogP contribution in [0.2, 0.25) is 0 Å². The smallest absolute Gasteiger partial charge is 0.158 e. The predicted octanol–water partition coefficient (Wildman–Crippen LogP) is 2.31. The first-order valence-electron chi connectivity index (χ1n) is 7.52. The summed E-state index contributed by atoms with van der Waals surface area (Å²) in [5.74, 6) is 2.44. The van der Waals surface area contributed by atoms with Crippen molar-refractivity contribution in [2.45, 2.75) is 39.8 Å². The lowest BCUT2D eigenvalue weighted by Crippen LogP contribution is -2.36. The summed E-state index contributed by atoms with van der Waals surface area (Å²) in [6.45, 7) is 9.13. The second-order valence-corrected chi connectivity index (χ2v) is 4.93. The van der Waals surface area contributed by atoms with Gasteiger partial charge < -0.3 is 19.7 Å². The minimum atomic E-state index is 0.389. The number of rotatable bonds is 10. The molecule has 1 rings (SSSR count). The van der Waals surface area contributed by atoms with Crippen molar-refractivity contribution < 1.29 is 9.47 Å². The van der Waals surface area contributed by atoms with Gasteiger partial charge in [0.15, 0.2) is 5.82 Å². The van der Waals surface area contributed by atoms with Crippen molar-refractivity contribution >= 4 is 11.6 Å². The summed E-state index contributed by atoms with van der Waals surface area (Å²) in [6, 6.07) is 2.38. The third kappa shape index (κ3) is 5.47. The number of nitrogens with zero attached hydrogens (tertiary/aromatic N) is 3. The Balaban J connectivity index is 3.08. The third-order valence-corrected chi connectivity index (χ3v) is 3.34. The summed E-state index contributed by atoms with van der Waals surface area (Å²) in [5.41, 5.74) is 0. The predicted molar refractivity (Wildman–Crippen MR) is 85.9 cm³/mol. The molecule has 6 heteroatoms. The lowest BCUT2D eigenvalue weighted by atomic mass is 10.2. The van der Waals surface area contributed by atoms with E-state index in [0.29, 0.717) is 25.1 Å². The van der Waals surface area contributed by atoms with E-state index in [0.717, 1.165) is 31.1 Å². The average Bonchev–Trinajstić information content (AvgIpc) is 2.48. The Hall–Kier alpha value is -1.40. The fourth-order valence-electron chi connectivity index (χ4n) is 2.07. The van der Waals surface area contributed by atoms with E-state index < -0.39 is 0 Å². The lowest BCUT2D eigenvalue weighted by molar-refractivity contribution is 0.177. The van der Waals surface area contributed by atoms with E-state index >= 15 is 0 Å². The lowest BCUT2D eigenvalue weighted by Gasteiger charge is -2.30. The molecule has 1 unspecified atom stereocenters. The molecule has 1 aromatic heterocycles. The molecule has 0 saturated heterocycles. The van der Waals surface area contributed by atoms with E-state index in [-0.39, 0.29) is 0 Å². The molecule has 0 aromatic carbocycles. The number of ether oxygens (including phenoxy) is 2. The molecule has 0 radical (unpaired) electrons. The van der Waals surface area contributed by atoms with Gasteiger partial charge in [-0.1, -0.05) is 6.92 Å². The third-order valence-electron chi connectivity index (χ3n) is 3.34. The molecular weight excluding hydrogens is 268 g/mol. The molecule has 1 atom stereocenters. The monoisotopic (exact) mass is 296 g/mol. The fourth-order valence-corrected chi connectivity index (χ4v) is 2.07. The number of methoxy groups -OCH3 is 2. The van der Waals surface area contributed by atoms with Crippen molar-refractivity contribution in [2.75, 3.05) is 44.1 Å². The zero-order valence-electron chi connectivity index (χ0n) is 13.8. The molecule has 0 fully saturated rings. The molecule has 21 heavy (non-hydrogen) atoms. The molecule has 0 aliphatic carbocycles. The molecule has 0 spiro atoms. The topological polar surface area (TPSA) is 59.5 Å². The zero-order chi connectivity index (χ0) is 15.7. The van der Waals surface area contributed by atoms with Crippen LogP contribution in [0, 0.1) is 0 Å². The zero-order valence-corrected chi connectivity index (χ0v) is 13.8. The number of hydrogen-bond donors (Lipinski definition) is 1. The molecule has 1 N–H and O–H groups in total. The van der Waals surface area contributed by atoms with E-state index in [1.807, 2.05) is 6.07 Å². The maximum Gasteiger partial charge on any atom is 0.158 e. The van der Waals surface area contributed by atoms with Crippen LogP contribution in [0.5, 0.6) is 0 Å². The summed E-state index contributed by atoms with van der Waals surface area (Å²) >= 11 is 0. The molecule has 0 bridgehead atoms. The number of hydrogen-bond acceptors (Lipinski definition) is 6. The van der Waals surface area contributed by atoms with Crippen LogP contribution in [0.15, 0.2) is 6.07 Å². The highest BCUT2D eigenvalue weighted by Gasteiger charge is 2.16. The van der Waals surface area contributed by atoms with Gasteiger partial charge in [0.2, 0.25) is 0 Å². The molecule has 6 nitrogen and oxygen atoms in total. The highest BCUT2D eigenvalue weighted by Crippen LogP contribution is 2.20. The highest BCUT2D eigenvalue weighted by atomic mass is 16.5. The van der Waals surface area contributed by atoms with Crippen molar-refractivity contribution in [3.8, 4) is 0 Å². The fraction of sp³-hybridized carbons (Fsp3) is 0.733. The summed E-state index contributed by atoms with van der Waals surface area (Å²) in [6.07, 6.45) is 1.05. The minimum Gasteiger partial charge on any atom is -0.383 e. The summed E-state index contributed by atoms with van der Waals surface area (Å²) in [4.78, 5) is 11.3. The maximum atomic E-state index is 5.22. The number of nitrogens with one attached hydrogen (secondary N) is 1. The van der Waals surface area contributed by atoms with Crippen LogP contribution in [-0.4, -0.2) is 49.9 Å². The van der Waals surface area contributed by atoms with Gasteiger partial charge in [0.1, 0.15) is 18.2 Å². The average molecular weight is 296 g/mol. The Kier molecular flexibility index (Phi) is 8.00. The Morgan fingerprint density at radius 1 is 1.24 bits per heavy atom. The van der Waals surface area contributed by atoms with Crippen molar-refractivity contribution in [3.63, 3.8) is 0 Å². The van der Waals surface area contributed by atoms with Crippen molar-refractivity contribution in [2.24, 2.45) is 0 Å². The molecule has 0 aliphatic heterocycles. The molecule has 120 valence electrons. The van der Waals surface area contributed by atoms with Gasteiger partial charge in [0.25, 0.3) is 0 Å². The van der Waals surface area contributed by atoms with Crippen molar-refractivity contribution in [1.29, 1.82) is 0 Å². The molecular formula is C15H28N4O2. The van der Waals surface area contributed by atoms with E-state index in [9.17, 15) is 0 Å². The quantitative estimate of drug-likeness (QED) is 0.715. The summed E-state index contributed by atoms with van der Waals surface area (Å²) < 4.78 is 10.4. The summed E-state index contributed by atoms with van der Waals surface area (Å²) in [7, 11) is 3.37. The van der Waals surface area contributed by atoms with E-state index in [4.69, 9.17) is 9.47 Å². The van der Waals surface area contributed by atoms with Gasteiger partial charge in [0.05, 0.1) is 6.61 Å². The van der Waals surface area contributed by atoms with Crippen LogP contribution < -0.4 is 10.2 Å². The molecule has 0 aliphatic rings. The first-order valence-corrected chi connectivity index (χ1v) is 7.52. The van der Waals surface area contributed by atoms with Crippen LogP contribution in [0.4, 0.5) is 11.6 Å². The maximum absolute atomic E-state index is 5.22. The van der Waals surface area contributed by atoms with E-state index in [1.165, 1.54) is 0 Å². The molecule has 1 aromatic rings. The Labute approximate surface area is 127 Å². The number of anilines is 2. The standard InChI is InChI=1S/C15H28N4O2/c1-6-12(3)19(8-9-20-4)15-10-13(16-7-2)17-14(18-15)11-21-5/h10,12H,6-9,11H2,1-5H3,(H,16,17,18). The summed E-state index contributed by atoms with van der Waals surface area (Å²) in [5, 5.41) is 3.25. The van der Waals surface area contributed by atoms with Crippen LogP contribution >= 0.6 is 0 Å². The van der Waals surface area contributed by atoms with Crippen molar-refractivity contribution in [1.82, 2.24) is 9.97 Å². The molecule has 1 heterocycles. The van der Waals surface area contributed by atoms with Crippen LogP contribution in [0.1, 0.15) is 33.0 Å². The molecule has 0 amide bonds. The van der Waals surface area contributed by atoms with Crippen molar-refractivity contribution in [3.05, 3.63) is 11.9 Å². The van der Waals surface area contributed by atoms with Gasteiger partial charge in [-0.25, -0.2) is 9.97 Å². The van der Waals surface area contributed by atoms with Crippen LogP contribution in [0.3, 0.4) is 0 Å². The Bertz CT molecular complexity index is 390. The van der Waals surface area contributed by atoms with Crippen LogP contribution in [-0.2, 0) is 16.1 Å². The van der Waals surface area contributed by atoms with Gasteiger partial charge in [-0.15, -0.1) is 0 Å². The normalized spacial score (nSPS) is 12.2. The molecule has 0 saturated carbocycles. The van der Waals surface area contributed by atoms with Gasteiger partial charge in [-0.2, -0.15) is 0 Å². The first kappa shape index (κ1) is 17.7. The minimum absolute atomic E-state index is 0.389. The number of aromatic nitrogens is 2. The van der Waals surface area contributed by atoms with Gasteiger partial charge in [0, 0.05) is 39.4 Å². The Morgan fingerprint density at radius 2 is 2.00 bits per heavy atom. The SMILES string of the molecule is CCNc1cc(N(CCOC)C(C)CC)nc(COC)n1.